The van der Waals surface area contributed by atoms with E-state index in [2.05, 4.69) is 57.3 Å². The first-order valence-corrected chi connectivity index (χ1v) is 6.44. The van der Waals surface area contributed by atoms with Gasteiger partial charge >= 0.3 is 0 Å². The quantitative estimate of drug-likeness (QED) is 0.805. The maximum Gasteiger partial charge on any atom is 0.0975 e. The minimum Gasteiger partial charge on any atom is -0.371 e. The molecule has 0 spiro atoms. The van der Waals surface area contributed by atoms with E-state index in [1.807, 2.05) is 0 Å². The maximum absolute atomic E-state index is 5.84. The van der Waals surface area contributed by atoms with Crippen LogP contribution in [0, 0.1) is 0 Å². The van der Waals surface area contributed by atoms with Crippen molar-refractivity contribution in [2.45, 2.75) is 45.3 Å². The van der Waals surface area contributed by atoms with Crippen LogP contribution in [0.2, 0.25) is 0 Å². The number of hydrogen-bond donors (Lipinski definition) is 1. The fraction of sp³-hybridized carbons (Fsp3) is 0.600. The van der Waals surface area contributed by atoms with E-state index in [9.17, 15) is 0 Å². The molecule has 2 atom stereocenters. The zero-order valence-electron chi connectivity index (χ0n) is 11.3. The highest BCUT2D eigenvalue weighted by Gasteiger charge is 2.23. The van der Waals surface area contributed by atoms with Gasteiger partial charge in [-0.05, 0) is 23.5 Å². The van der Waals surface area contributed by atoms with E-state index < -0.39 is 0 Å². The van der Waals surface area contributed by atoms with Crippen LogP contribution in [-0.4, -0.2) is 19.2 Å². The Hall–Kier alpha value is -0.860. The summed E-state index contributed by atoms with van der Waals surface area (Å²) >= 11 is 0. The first-order chi connectivity index (χ1) is 7.98. The molecule has 0 amide bonds. The molecule has 1 aliphatic heterocycles. The van der Waals surface area contributed by atoms with Gasteiger partial charge in [-0.25, -0.2) is 0 Å². The summed E-state index contributed by atoms with van der Waals surface area (Å²) in [5.74, 6) is 0. The molecule has 2 unspecified atom stereocenters. The molecule has 0 aromatic heterocycles. The van der Waals surface area contributed by atoms with Crippen molar-refractivity contribution >= 4 is 0 Å². The van der Waals surface area contributed by atoms with Crippen molar-refractivity contribution in [1.29, 1.82) is 0 Å². The van der Waals surface area contributed by atoms with Crippen LogP contribution in [0.1, 0.15) is 44.9 Å². The van der Waals surface area contributed by atoms with Gasteiger partial charge in [0.1, 0.15) is 0 Å². The molecule has 0 radical (unpaired) electrons. The highest BCUT2D eigenvalue weighted by molar-refractivity contribution is 5.29. The number of hydrogen-bond acceptors (Lipinski definition) is 2. The molecule has 0 aliphatic carbocycles. The minimum atomic E-state index is 0.192. The standard InChI is InChI=1S/C15H23NO/c1-11-14(17-10-9-16-11)12-5-7-13(8-6-12)15(2,3)4/h5-8,11,14,16H,9-10H2,1-4H3. The molecule has 1 aromatic rings. The number of rotatable bonds is 1. The Labute approximate surface area is 104 Å². The van der Waals surface area contributed by atoms with Crippen LogP contribution in [0.4, 0.5) is 0 Å². The van der Waals surface area contributed by atoms with Gasteiger partial charge in [0.15, 0.2) is 0 Å². The van der Waals surface area contributed by atoms with E-state index >= 15 is 0 Å². The topological polar surface area (TPSA) is 21.3 Å². The maximum atomic E-state index is 5.84. The molecular formula is C15H23NO. The van der Waals surface area contributed by atoms with E-state index in [-0.39, 0.29) is 11.5 Å². The van der Waals surface area contributed by atoms with Gasteiger partial charge in [-0.1, -0.05) is 45.0 Å². The van der Waals surface area contributed by atoms with Crippen LogP contribution in [0.5, 0.6) is 0 Å². The van der Waals surface area contributed by atoms with Crippen molar-refractivity contribution in [2.75, 3.05) is 13.2 Å². The Bertz CT molecular complexity index is 364. The molecule has 2 rings (SSSR count). The lowest BCUT2D eigenvalue weighted by atomic mass is 9.86. The number of nitrogens with one attached hydrogen (secondary N) is 1. The van der Waals surface area contributed by atoms with E-state index in [0.29, 0.717) is 6.04 Å². The molecule has 1 saturated heterocycles. The summed E-state index contributed by atoms with van der Waals surface area (Å²) in [5.41, 5.74) is 2.87. The molecule has 94 valence electrons. The average Bonchev–Trinajstić information content (AvgIpc) is 2.29. The summed E-state index contributed by atoms with van der Waals surface area (Å²) in [7, 11) is 0. The molecule has 2 heteroatoms. The Balaban J connectivity index is 2.17. The van der Waals surface area contributed by atoms with E-state index in [1.54, 1.807) is 0 Å². The molecule has 1 N–H and O–H groups in total. The van der Waals surface area contributed by atoms with Gasteiger partial charge in [-0.3, -0.25) is 0 Å². The van der Waals surface area contributed by atoms with Gasteiger partial charge in [0.05, 0.1) is 12.7 Å². The highest BCUT2D eigenvalue weighted by atomic mass is 16.5. The fourth-order valence-corrected chi connectivity index (χ4v) is 2.28. The molecule has 1 aromatic carbocycles. The Morgan fingerprint density at radius 1 is 1.18 bits per heavy atom. The SMILES string of the molecule is CC1NCCOC1c1ccc(C(C)(C)C)cc1. The zero-order chi connectivity index (χ0) is 12.5. The van der Waals surface area contributed by atoms with Crippen LogP contribution in [0.25, 0.3) is 0 Å². The monoisotopic (exact) mass is 233 g/mol. The average molecular weight is 233 g/mol. The van der Waals surface area contributed by atoms with Crippen LogP contribution < -0.4 is 5.32 Å². The summed E-state index contributed by atoms with van der Waals surface area (Å²) in [4.78, 5) is 0. The highest BCUT2D eigenvalue weighted by Crippen LogP contribution is 2.27. The Morgan fingerprint density at radius 3 is 2.35 bits per heavy atom. The second-order valence-corrected chi connectivity index (χ2v) is 5.91. The molecule has 1 fully saturated rings. The second-order valence-electron chi connectivity index (χ2n) is 5.91. The lowest BCUT2D eigenvalue weighted by molar-refractivity contribution is -0.000239. The second kappa shape index (κ2) is 4.79. The molecule has 1 heterocycles. The molecule has 0 bridgehead atoms. The van der Waals surface area contributed by atoms with Gasteiger partial charge in [0, 0.05) is 12.6 Å². The van der Waals surface area contributed by atoms with Gasteiger partial charge in [0.2, 0.25) is 0 Å². The van der Waals surface area contributed by atoms with E-state index in [1.165, 1.54) is 11.1 Å². The van der Waals surface area contributed by atoms with Crippen LogP contribution in [0.15, 0.2) is 24.3 Å². The Morgan fingerprint density at radius 2 is 1.82 bits per heavy atom. The normalized spacial score (nSPS) is 25.9. The van der Waals surface area contributed by atoms with Gasteiger partial charge in [0.25, 0.3) is 0 Å². The van der Waals surface area contributed by atoms with Crippen molar-refractivity contribution in [1.82, 2.24) is 5.32 Å². The summed E-state index contributed by atoms with van der Waals surface area (Å²) in [5, 5.41) is 3.45. The Kier molecular flexibility index (Phi) is 3.55. The third-order valence-corrected chi connectivity index (χ3v) is 3.43. The van der Waals surface area contributed by atoms with E-state index in [4.69, 9.17) is 4.74 Å². The lowest BCUT2D eigenvalue weighted by Gasteiger charge is -2.31. The van der Waals surface area contributed by atoms with Crippen LogP contribution >= 0.6 is 0 Å². The van der Waals surface area contributed by atoms with Gasteiger partial charge < -0.3 is 10.1 Å². The number of morpholine rings is 1. The van der Waals surface area contributed by atoms with Crippen molar-refractivity contribution in [3.8, 4) is 0 Å². The predicted molar refractivity (Wildman–Crippen MR) is 71.3 cm³/mol. The minimum absolute atomic E-state index is 0.192. The summed E-state index contributed by atoms with van der Waals surface area (Å²) in [6.07, 6.45) is 0.192. The van der Waals surface area contributed by atoms with Crippen molar-refractivity contribution < 1.29 is 4.74 Å². The van der Waals surface area contributed by atoms with Gasteiger partial charge in [-0.15, -0.1) is 0 Å². The smallest absolute Gasteiger partial charge is 0.0975 e. The van der Waals surface area contributed by atoms with Crippen LogP contribution in [-0.2, 0) is 10.2 Å². The molecule has 0 saturated carbocycles. The summed E-state index contributed by atoms with van der Waals surface area (Å²) in [6.45, 7) is 10.7. The van der Waals surface area contributed by atoms with Crippen LogP contribution in [0.3, 0.4) is 0 Å². The first-order valence-electron chi connectivity index (χ1n) is 6.44. The summed E-state index contributed by atoms with van der Waals surface area (Å²) in [6, 6.07) is 9.24. The largest absolute Gasteiger partial charge is 0.371 e. The number of benzene rings is 1. The zero-order valence-corrected chi connectivity index (χ0v) is 11.3. The lowest BCUT2D eigenvalue weighted by Crippen LogP contribution is -2.41. The van der Waals surface area contributed by atoms with Crippen molar-refractivity contribution in [3.05, 3.63) is 35.4 Å². The molecule has 1 aliphatic rings. The summed E-state index contributed by atoms with van der Waals surface area (Å²) < 4.78 is 5.84. The number of ether oxygens (including phenoxy) is 1. The van der Waals surface area contributed by atoms with Gasteiger partial charge in [-0.2, -0.15) is 0 Å². The molecule has 2 nitrogen and oxygen atoms in total. The third kappa shape index (κ3) is 2.88. The predicted octanol–water partition coefficient (Wildman–Crippen LogP) is 3.03. The molecule has 17 heavy (non-hydrogen) atoms. The van der Waals surface area contributed by atoms with E-state index in [0.717, 1.165) is 13.2 Å². The van der Waals surface area contributed by atoms with Crippen molar-refractivity contribution in [2.24, 2.45) is 0 Å². The van der Waals surface area contributed by atoms with Crippen molar-refractivity contribution in [3.63, 3.8) is 0 Å². The molecular weight excluding hydrogens is 210 g/mol. The fourth-order valence-electron chi connectivity index (χ4n) is 2.28. The first kappa shape index (κ1) is 12.6. The third-order valence-electron chi connectivity index (χ3n) is 3.43.